The zero-order valence-electron chi connectivity index (χ0n) is 14.1. The normalized spacial score (nSPS) is 12.2. The number of fused-ring (bicyclic) bond motifs is 1. The van der Waals surface area contributed by atoms with E-state index in [1.807, 2.05) is 27.7 Å². The van der Waals surface area contributed by atoms with E-state index in [2.05, 4.69) is 0 Å². The minimum absolute atomic E-state index is 0.213. The molecule has 1 aliphatic carbocycles. The highest BCUT2D eigenvalue weighted by Gasteiger charge is 2.40. The highest BCUT2D eigenvalue weighted by atomic mass is 19.3. The number of carbonyl (C=O) groups excluding carboxylic acids is 3. The average molecular weight is 330 g/mol. The van der Waals surface area contributed by atoms with Crippen molar-refractivity contribution < 1.29 is 28.3 Å². The van der Waals surface area contributed by atoms with Crippen LogP contribution in [-0.2, 0) is 4.79 Å². The second-order valence-electron chi connectivity index (χ2n) is 3.80. The molecule has 0 saturated carbocycles. The van der Waals surface area contributed by atoms with Crippen LogP contribution in [0, 0.1) is 5.92 Å². The van der Waals surface area contributed by atoms with Crippen LogP contribution in [0.4, 0.5) is 8.78 Å². The number of carbonyl (C=O) groups is 3. The van der Waals surface area contributed by atoms with Crippen LogP contribution < -0.4 is 0 Å². The van der Waals surface area contributed by atoms with Crippen molar-refractivity contribution in [1.82, 2.24) is 0 Å². The Morgan fingerprint density at radius 2 is 1.35 bits per heavy atom. The summed E-state index contributed by atoms with van der Waals surface area (Å²) in [5.74, 6) is -3.72. The van der Waals surface area contributed by atoms with Gasteiger partial charge in [0.25, 0.3) is 6.43 Å². The molecule has 0 unspecified atom stereocenters. The standard InChI is InChI=1S/C12H8F2O3.2C2H6.CH4O/c13-12(14)9(15)5-8-10(16)6-3-1-2-4-7(6)11(8)17;3*1-2/h1-4,8,12H,5H2;2*1-2H3;2H,1H3. The van der Waals surface area contributed by atoms with Gasteiger partial charge >= 0.3 is 0 Å². The van der Waals surface area contributed by atoms with Crippen LogP contribution in [0.1, 0.15) is 54.8 Å². The van der Waals surface area contributed by atoms with E-state index < -0.39 is 36.1 Å². The first-order valence-corrected chi connectivity index (χ1v) is 7.45. The summed E-state index contributed by atoms with van der Waals surface area (Å²) in [4.78, 5) is 34.4. The average Bonchev–Trinajstić information content (AvgIpc) is 2.85. The zero-order chi connectivity index (χ0) is 18.6. The molecule has 0 atom stereocenters. The van der Waals surface area contributed by atoms with Crippen LogP contribution in [0.3, 0.4) is 0 Å². The van der Waals surface area contributed by atoms with Gasteiger partial charge in [-0.15, -0.1) is 0 Å². The summed E-state index contributed by atoms with van der Waals surface area (Å²) in [7, 11) is 1.00. The molecule has 1 aromatic carbocycles. The number of Topliss-reactive ketones (excluding diaryl/α,β-unsaturated/α-hetero) is 3. The van der Waals surface area contributed by atoms with E-state index in [1.165, 1.54) is 12.1 Å². The Bertz CT molecular complexity index is 478. The van der Waals surface area contributed by atoms with Crippen molar-refractivity contribution in [3.63, 3.8) is 0 Å². The van der Waals surface area contributed by atoms with Gasteiger partial charge in [0.1, 0.15) is 0 Å². The number of alkyl halides is 2. The molecule has 4 nitrogen and oxygen atoms in total. The van der Waals surface area contributed by atoms with Crippen LogP contribution >= 0.6 is 0 Å². The SMILES string of the molecule is CC.CC.CO.O=C(CC1C(=O)c2ccccc2C1=O)C(F)F. The Kier molecular flexibility index (Phi) is 12.8. The molecule has 0 aliphatic heterocycles. The van der Waals surface area contributed by atoms with E-state index in [4.69, 9.17) is 5.11 Å². The summed E-state index contributed by atoms with van der Waals surface area (Å²) < 4.78 is 24.2. The molecule has 0 fully saturated rings. The number of ketones is 3. The van der Waals surface area contributed by atoms with E-state index in [-0.39, 0.29) is 11.1 Å². The van der Waals surface area contributed by atoms with Crippen molar-refractivity contribution >= 4 is 17.3 Å². The third-order valence-corrected chi connectivity index (χ3v) is 2.74. The molecular formula is C17H24F2O4. The van der Waals surface area contributed by atoms with Crippen molar-refractivity contribution in [2.75, 3.05) is 7.11 Å². The monoisotopic (exact) mass is 330 g/mol. The summed E-state index contributed by atoms with van der Waals surface area (Å²) in [5.41, 5.74) is 0.425. The first-order chi connectivity index (χ1) is 11.0. The highest BCUT2D eigenvalue weighted by molar-refractivity contribution is 6.27. The summed E-state index contributed by atoms with van der Waals surface area (Å²) in [5, 5.41) is 7.00. The molecule has 0 saturated heterocycles. The van der Waals surface area contributed by atoms with E-state index >= 15 is 0 Å². The van der Waals surface area contributed by atoms with Crippen molar-refractivity contribution in [3.8, 4) is 0 Å². The Hall–Kier alpha value is -1.95. The van der Waals surface area contributed by atoms with Gasteiger partial charge in [-0.2, -0.15) is 0 Å². The van der Waals surface area contributed by atoms with Crippen LogP contribution in [0.5, 0.6) is 0 Å². The summed E-state index contributed by atoms with van der Waals surface area (Å²) in [6, 6.07) is 6.09. The summed E-state index contributed by atoms with van der Waals surface area (Å²) in [6.45, 7) is 8.00. The Balaban J connectivity index is 0. The van der Waals surface area contributed by atoms with Crippen LogP contribution in [0.2, 0.25) is 0 Å². The molecule has 23 heavy (non-hydrogen) atoms. The lowest BCUT2D eigenvalue weighted by atomic mass is 9.97. The van der Waals surface area contributed by atoms with Gasteiger partial charge < -0.3 is 5.11 Å². The molecule has 130 valence electrons. The van der Waals surface area contributed by atoms with Crippen LogP contribution in [-0.4, -0.2) is 36.0 Å². The largest absolute Gasteiger partial charge is 0.400 e. The topological polar surface area (TPSA) is 71.4 Å². The maximum absolute atomic E-state index is 12.1. The van der Waals surface area contributed by atoms with Gasteiger partial charge in [0.05, 0.1) is 5.92 Å². The van der Waals surface area contributed by atoms with Crippen LogP contribution in [0.25, 0.3) is 0 Å². The molecule has 0 radical (unpaired) electrons. The Morgan fingerprint density at radius 1 is 1.00 bits per heavy atom. The van der Waals surface area contributed by atoms with Gasteiger partial charge in [0.15, 0.2) is 17.3 Å². The summed E-state index contributed by atoms with van der Waals surface area (Å²) in [6.07, 6.45) is -3.86. The molecule has 1 aromatic rings. The predicted octanol–water partition coefficient (Wildman–Crippen LogP) is 3.57. The molecule has 6 heteroatoms. The minimum atomic E-state index is -3.14. The number of aliphatic hydroxyl groups is 1. The van der Waals surface area contributed by atoms with Crippen molar-refractivity contribution in [2.45, 2.75) is 40.5 Å². The molecule has 0 heterocycles. The van der Waals surface area contributed by atoms with Crippen molar-refractivity contribution in [3.05, 3.63) is 35.4 Å². The van der Waals surface area contributed by atoms with E-state index in [0.717, 1.165) is 7.11 Å². The highest BCUT2D eigenvalue weighted by Crippen LogP contribution is 2.29. The lowest BCUT2D eigenvalue weighted by molar-refractivity contribution is -0.129. The molecule has 0 amide bonds. The molecule has 1 N–H and O–H groups in total. The van der Waals surface area contributed by atoms with E-state index in [1.54, 1.807) is 12.1 Å². The molecule has 2 rings (SSSR count). The molecular weight excluding hydrogens is 306 g/mol. The minimum Gasteiger partial charge on any atom is -0.400 e. The third-order valence-electron chi connectivity index (χ3n) is 2.74. The van der Waals surface area contributed by atoms with E-state index in [9.17, 15) is 23.2 Å². The first-order valence-electron chi connectivity index (χ1n) is 7.45. The smallest absolute Gasteiger partial charge is 0.296 e. The lowest BCUT2D eigenvalue weighted by Gasteiger charge is -2.04. The maximum atomic E-state index is 12.1. The maximum Gasteiger partial charge on any atom is 0.296 e. The zero-order valence-corrected chi connectivity index (χ0v) is 14.1. The van der Waals surface area contributed by atoms with Gasteiger partial charge in [0, 0.05) is 24.7 Å². The Morgan fingerprint density at radius 3 is 1.65 bits per heavy atom. The second-order valence-corrected chi connectivity index (χ2v) is 3.80. The molecule has 0 aromatic heterocycles. The first kappa shape index (κ1) is 23.3. The van der Waals surface area contributed by atoms with Crippen LogP contribution in [0.15, 0.2) is 24.3 Å². The van der Waals surface area contributed by atoms with E-state index in [0.29, 0.717) is 0 Å². The number of hydrogen-bond acceptors (Lipinski definition) is 4. The number of halogens is 2. The quantitative estimate of drug-likeness (QED) is 0.860. The second kappa shape index (κ2) is 12.6. The van der Waals surface area contributed by atoms with Gasteiger partial charge in [-0.25, -0.2) is 8.78 Å². The van der Waals surface area contributed by atoms with Gasteiger partial charge in [0.2, 0.25) is 0 Å². The summed E-state index contributed by atoms with van der Waals surface area (Å²) >= 11 is 0. The molecule has 0 spiro atoms. The van der Waals surface area contributed by atoms with Gasteiger partial charge in [-0.05, 0) is 0 Å². The van der Waals surface area contributed by atoms with Gasteiger partial charge in [-0.1, -0.05) is 52.0 Å². The number of rotatable bonds is 3. The number of aliphatic hydroxyl groups excluding tert-OH is 1. The predicted molar refractivity (Wildman–Crippen MR) is 85.1 cm³/mol. The molecule has 1 aliphatic rings. The fraction of sp³-hybridized carbons (Fsp3) is 0.471. The lowest BCUT2D eigenvalue weighted by Crippen LogP contribution is -2.22. The Labute approximate surface area is 135 Å². The third kappa shape index (κ3) is 5.98. The fourth-order valence-electron chi connectivity index (χ4n) is 1.88. The van der Waals surface area contributed by atoms with Crippen molar-refractivity contribution in [1.29, 1.82) is 0 Å². The number of benzene rings is 1. The molecule has 0 bridgehead atoms. The van der Waals surface area contributed by atoms with Crippen molar-refractivity contribution in [2.24, 2.45) is 5.92 Å². The number of hydrogen-bond donors (Lipinski definition) is 1. The van der Waals surface area contributed by atoms with Gasteiger partial charge in [-0.3, -0.25) is 14.4 Å². The fourth-order valence-corrected chi connectivity index (χ4v) is 1.88.